The SMILES string of the molecule is COc1ccc(CC(=O)NCc2nnc(SCc3ccccc3C)n2-c2cc(Cl)ccc2Cl)cc1. The lowest BCUT2D eigenvalue weighted by molar-refractivity contribution is -0.120. The van der Waals surface area contributed by atoms with Gasteiger partial charge in [0.2, 0.25) is 5.91 Å². The molecule has 0 radical (unpaired) electrons. The molecule has 0 saturated carbocycles. The van der Waals surface area contributed by atoms with Gasteiger partial charge in [-0.3, -0.25) is 9.36 Å². The smallest absolute Gasteiger partial charge is 0.224 e. The van der Waals surface area contributed by atoms with Crippen molar-refractivity contribution in [1.29, 1.82) is 0 Å². The van der Waals surface area contributed by atoms with E-state index in [2.05, 4.69) is 34.6 Å². The number of nitrogens with one attached hydrogen (secondary N) is 1. The zero-order chi connectivity index (χ0) is 24.8. The Balaban J connectivity index is 1.54. The highest BCUT2D eigenvalue weighted by molar-refractivity contribution is 7.98. The number of rotatable bonds is 9. The third-order valence-electron chi connectivity index (χ3n) is 5.43. The molecule has 4 aromatic rings. The molecule has 1 heterocycles. The van der Waals surface area contributed by atoms with Gasteiger partial charge in [0.15, 0.2) is 11.0 Å². The highest BCUT2D eigenvalue weighted by Gasteiger charge is 2.18. The number of ether oxygens (including phenoxy) is 1. The van der Waals surface area contributed by atoms with Crippen molar-refractivity contribution in [2.75, 3.05) is 7.11 Å². The lowest BCUT2D eigenvalue weighted by atomic mass is 10.1. The molecule has 35 heavy (non-hydrogen) atoms. The van der Waals surface area contributed by atoms with Gasteiger partial charge in [-0.15, -0.1) is 10.2 Å². The highest BCUT2D eigenvalue weighted by Crippen LogP contribution is 2.31. The average molecular weight is 527 g/mol. The monoisotopic (exact) mass is 526 g/mol. The first-order valence-electron chi connectivity index (χ1n) is 10.9. The Hall–Kier alpha value is -3.00. The van der Waals surface area contributed by atoms with Crippen molar-refractivity contribution < 1.29 is 9.53 Å². The Labute approximate surface area is 218 Å². The summed E-state index contributed by atoms with van der Waals surface area (Å²) in [5.74, 6) is 1.89. The van der Waals surface area contributed by atoms with Crippen LogP contribution in [0.3, 0.4) is 0 Å². The summed E-state index contributed by atoms with van der Waals surface area (Å²) in [5, 5.41) is 13.4. The Morgan fingerprint density at radius 3 is 2.57 bits per heavy atom. The molecule has 6 nitrogen and oxygen atoms in total. The van der Waals surface area contributed by atoms with Crippen LogP contribution in [0.1, 0.15) is 22.5 Å². The molecule has 1 aromatic heterocycles. The summed E-state index contributed by atoms with van der Waals surface area (Å²) < 4.78 is 7.02. The van der Waals surface area contributed by atoms with Gasteiger partial charge in [-0.05, 0) is 53.9 Å². The number of amides is 1. The van der Waals surface area contributed by atoms with Crippen molar-refractivity contribution in [3.05, 3.63) is 99.3 Å². The van der Waals surface area contributed by atoms with Gasteiger partial charge in [-0.25, -0.2) is 0 Å². The van der Waals surface area contributed by atoms with Crippen LogP contribution < -0.4 is 10.1 Å². The number of hydrogen-bond acceptors (Lipinski definition) is 5. The van der Waals surface area contributed by atoms with Crippen LogP contribution in [0.2, 0.25) is 10.0 Å². The Morgan fingerprint density at radius 2 is 1.83 bits per heavy atom. The molecule has 0 spiro atoms. The Kier molecular flexibility index (Phi) is 8.33. The van der Waals surface area contributed by atoms with E-state index in [0.717, 1.165) is 11.3 Å². The van der Waals surface area contributed by atoms with E-state index in [1.807, 2.05) is 41.0 Å². The van der Waals surface area contributed by atoms with Crippen LogP contribution in [0.15, 0.2) is 71.9 Å². The van der Waals surface area contributed by atoms with Crippen LogP contribution in [-0.4, -0.2) is 27.8 Å². The molecule has 0 unspecified atom stereocenters. The normalized spacial score (nSPS) is 10.9. The molecule has 1 amide bonds. The zero-order valence-electron chi connectivity index (χ0n) is 19.3. The molecular weight excluding hydrogens is 503 g/mol. The lowest BCUT2D eigenvalue weighted by Crippen LogP contribution is -2.26. The number of nitrogens with zero attached hydrogens (tertiary/aromatic N) is 3. The average Bonchev–Trinajstić information content (AvgIpc) is 3.26. The number of carbonyl (C=O) groups excluding carboxylic acids is 1. The summed E-state index contributed by atoms with van der Waals surface area (Å²) in [4.78, 5) is 12.6. The van der Waals surface area contributed by atoms with E-state index in [1.54, 1.807) is 37.1 Å². The van der Waals surface area contributed by atoms with Gasteiger partial charge >= 0.3 is 0 Å². The minimum atomic E-state index is -0.129. The summed E-state index contributed by atoms with van der Waals surface area (Å²) in [5.41, 5.74) is 3.96. The fraction of sp³-hybridized carbons (Fsp3) is 0.192. The Morgan fingerprint density at radius 1 is 1.06 bits per heavy atom. The van der Waals surface area contributed by atoms with E-state index in [-0.39, 0.29) is 18.9 Å². The second kappa shape index (κ2) is 11.6. The molecule has 9 heteroatoms. The second-order valence-corrected chi connectivity index (χ2v) is 9.63. The number of halogens is 2. The van der Waals surface area contributed by atoms with E-state index in [0.29, 0.717) is 32.5 Å². The second-order valence-electron chi connectivity index (χ2n) is 7.85. The molecule has 0 fully saturated rings. The summed E-state index contributed by atoms with van der Waals surface area (Å²) in [7, 11) is 1.61. The van der Waals surface area contributed by atoms with Crippen LogP contribution in [0.4, 0.5) is 0 Å². The third-order valence-corrected chi connectivity index (χ3v) is 6.97. The first-order valence-corrected chi connectivity index (χ1v) is 12.7. The molecule has 0 aliphatic heterocycles. The van der Waals surface area contributed by atoms with Gasteiger partial charge in [0, 0.05) is 10.8 Å². The van der Waals surface area contributed by atoms with Crippen molar-refractivity contribution in [1.82, 2.24) is 20.1 Å². The maximum atomic E-state index is 12.6. The summed E-state index contributed by atoms with van der Waals surface area (Å²) in [6.45, 7) is 2.27. The lowest BCUT2D eigenvalue weighted by Gasteiger charge is -2.13. The van der Waals surface area contributed by atoms with Crippen LogP contribution in [0, 0.1) is 6.92 Å². The minimum absolute atomic E-state index is 0.129. The van der Waals surface area contributed by atoms with E-state index >= 15 is 0 Å². The van der Waals surface area contributed by atoms with Gasteiger partial charge in [0.05, 0.1) is 30.8 Å². The van der Waals surface area contributed by atoms with Crippen molar-refractivity contribution >= 4 is 40.9 Å². The largest absolute Gasteiger partial charge is 0.497 e. The number of benzene rings is 3. The zero-order valence-corrected chi connectivity index (χ0v) is 21.6. The number of carbonyl (C=O) groups is 1. The topological polar surface area (TPSA) is 69.0 Å². The number of hydrogen-bond donors (Lipinski definition) is 1. The molecule has 1 N–H and O–H groups in total. The number of methoxy groups -OCH3 is 1. The van der Waals surface area contributed by atoms with Gasteiger partial charge in [-0.2, -0.15) is 0 Å². The van der Waals surface area contributed by atoms with Crippen LogP contribution in [0.5, 0.6) is 5.75 Å². The van der Waals surface area contributed by atoms with Crippen LogP contribution in [0.25, 0.3) is 5.69 Å². The van der Waals surface area contributed by atoms with Gasteiger partial charge in [0.25, 0.3) is 0 Å². The molecule has 4 rings (SSSR count). The molecule has 0 saturated heterocycles. The minimum Gasteiger partial charge on any atom is -0.497 e. The molecule has 3 aromatic carbocycles. The van der Waals surface area contributed by atoms with E-state index in [1.165, 1.54) is 11.1 Å². The predicted octanol–water partition coefficient (Wildman–Crippen LogP) is 6.04. The third kappa shape index (κ3) is 6.36. The highest BCUT2D eigenvalue weighted by atomic mass is 35.5. The van der Waals surface area contributed by atoms with Crippen molar-refractivity contribution in [3.63, 3.8) is 0 Å². The maximum absolute atomic E-state index is 12.6. The molecule has 0 aliphatic carbocycles. The van der Waals surface area contributed by atoms with E-state index in [4.69, 9.17) is 27.9 Å². The van der Waals surface area contributed by atoms with Crippen LogP contribution >= 0.6 is 35.0 Å². The quantitative estimate of drug-likeness (QED) is 0.269. The van der Waals surface area contributed by atoms with E-state index in [9.17, 15) is 4.79 Å². The first-order chi connectivity index (χ1) is 16.9. The van der Waals surface area contributed by atoms with Crippen molar-refractivity contribution in [3.8, 4) is 11.4 Å². The van der Waals surface area contributed by atoms with Crippen molar-refractivity contribution in [2.24, 2.45) is 0 Å². The fourth-order valence-electron chi connectivity index (χ4n) is 3.49. The molecule has 0 atom stereocenters. The fourth-order valence-corrected chi connectivity index (χ4v) is 4.90. The molecule has 0 bridgehead atoms. The summed E-state index contributed by atoms with van der Waals surface area (Å²) in [6.07, 6.45) is 0.241. The number of thioether (sulfide) groups is 1. The first kappa shape index (κ1) is 25.1. The van der Waals surface area contributed by atoms with Gasteiger partial charge in [0.1, 0.15) is 5.75 Å². The van der Waals surface area contributed by atoms with Crippen molar-refractivity contribution in [2.45, 2.75) is 30.8 Å². The van der Waals surface area contributed by atoms with Gasteiger partial charge < -0.3 is 10.1 Å². The van der Waals surface area contributed by atoms with E-state index < -0.39 is 0 Å². The summed E-state index contributed by atoms with van der Waals surface area (Å²) >= 11 is 14.3. The number of aryl methyl sites for hydroxylation is 1. The van der Waals surface area contributed by atoms with Crippen LogP contribution in [-0.2, 0) is 23.5 Å². The number of aromatic nitrogens is 3. The molecule has 180 valence electrons. The Bertz CT molecular complexity index is 1330. The van der Waals surface area contributed by atoms with Gasteiger partial charge in [-0.1, -0.05) is 71.4 Å². The molecule has 0 aliphatic rings. The standard InChI is InChI=1S/C26H24Cl2N4O2S/c1-17-5-3-4-6-19(17)16-35-26-31-30-24(32(26)23-14-20(27)9-12-22(23)28)15-29-25(33)13-18-7-10-21(34-2)11-8-18/h3-12,14H,13,15-16H2,1-2H3,(H,29,33). The summed E-state index contributed by atoms with van der Waals surface area (Å²) in [6, 6.07) is 20.9. The maximum Gasteiger partial charge on any atom is 0.224 e. The molecular formula is C26H24Cl2N4O2S. The predicted molar refractivity (Wildman–Crippen MR) is 141 cm³/mol.